The molecule has 1 aromatic rings. The molecule has 0 radical (unpaired) electrons. The van der Waals surface area contributed by atoms with Gasteiger partial charge in [-0.1, -0.05) is 17.7 Å². The first-order valence-corrected chi connectivity index (χ1v) is 3.75. The van der Waals surface area contributed by atoms with E-state index in [-0.39, 0.29) is 0 Å². The molecule has 0 saturated carbocycles. The summed E-state index contributed by atoms with van der Waals surface area (Å²) in [5.41, 5.74) is 1.17. The van der Waals surface area contributed by atoms with Gasteiger partial charge in [-0.3, -0.25) is 0 Å². The van der Waals surface area contributed by atoms with Crippen molar-refractivity contribution in [2.24, 2.45) is 0 Å². The normalized spacial score (nSPS) is 13.2. The van der Waals surface area contributed by atoms with Crippen molar-refractivity contribution < 1.29 is 5.11 Å². The molecule has 1 aliphatic heterocycles. The molecular formula is C9H13NO. The number of hydrogen-bond donors (Lipinski definition) is 2. The highest BCUT2D eigenvalue weighted by Crippen LogP contribution is 2.07. The van der Waals surface area contributed by atoms with Crippen molar-refractivity contribution in [3.8, 4) is 5.75 Å². The molecule has 0 aromatic heterocycles. The summed E-state index contributed by atoms with van der Waals surface area (Å²) in [7, 11) is 0. The van der Waals surface area contributed by atoms with Gasteiger partial charge in [0.1, 0.15) is 5.75 Å². The van der Waals surface area contributed by atoms with E-state index in [1.54, 1.807) is 12.1 Å². The number of rotatable bonds is 0. The average molecular weight is 151 g/mol. The third-order valence-corrected chi connectivity index (χ3v) is 1.28. The van der Waals surface area contributed by atoms with E-state index < -0.39 is 0 Å². The third-order valence-electron chi connectivity index (χ3n) is 1.28. The van der Waals surface area contributed by atoms with Gasteiger partial charge < -0.3 is 10.4 Å². The molecule has 2 heteroatoms. The Hall–Kier alpha value is -1.02. The summed E-state index contributed by atoms with van der Waals surface area (Å²) in [6.45, 7) is 4.49. The maximum atomic E-state index is 8.76. The minimum atomic E-state index is 0.329. The van der Waals surface area contributed by atoms with Crippen molar-refractivity contribution in [1.29, 1.82) is 0 Å². The van der Waals surface area contributed by atoms with Crippen molar-refractivity contribution in [3.63, 3.8) is 0 Å². The third kappa shape index (κ3) is 4.39. The van der Waals surface area contributed by atoms with Gasteiger partial charge in [-0.05, 0) is 19.1 Å². The Morgan fingerprint density at radius 1 is 1.18 bits per heavy atom. The molecule has 1 aliphatic rings. The van der Waals surface area contributed by atoms with E-state index in [0.717, 1.165) is 0 Å². The smallest absolute Gasteiger partial charge is 0.115 e. The first-order chi connectivity index (χ1) is 5.29. The molecule has 1 heterocycles. The Labute approximate surface area is 66.9 Å². The number of aryl methyl sites for hydroxylation is 1. The number of nitrogens with one attached hydrogen (secondary N) is 1. The Morgan fingerprint density at radius 2 is 1.64 bits per heavy atom. The molecule has 0 amide bonds. The van der Waals surface area contributed by atoms with Crippen LogP contribution < -0.4 is 5.32 Å². The fraction of sp³-hybridized carbons (Fsp3) is 0.333. The van der Waals surface area contributed by atoms with Crippen LogP contribution in [0.5, 0.6) is 5.75 Å². The van der Waals surface area contributed by atoms with Crippen LogP contribution in [0.1, 0.15) is 5.56 Å². The number of phenolic OH excluding ortho intramolecular Hbond substituents is 1. The second-order valence-corrected chi connectivity index (χ2v) is 2.59. The Bertz CT molecular complexity index is 180. The molecule has 2 rings (SSSR count). The molecule has 2 nitrogen and oxygen atoms in total. The van der Waals surface area contributed by atoms with Crippen molar-refractivity contribution in [2.75, 3.05) is 13.1 Å². The molecule has 1 fully saturated rings. The molecular weight excluding hydrogens is 138 g/mol. The quantitative estimate of drug-likeness (QED) is 0.549. The van der Waals surface area contributed by atoms with E-state index in [1.807, 2.05) is 19.1 Å². The highest BCUT2D eigenvalue weighted by molar-refractivity contribution is 5.24. The second-order valence-electron chi connectivity index (χ2n) is 2.59. The van der Waals surface area contributed by atoms with Crippen molar-refractivity contribution in [3.05, 3.63) is 29.8 Å². The lowest BCUT2D eigenvalue weighted by molar-refractivity contribution is 0.475. The maximum absolute atomic E-state index is 8.76. The Balaban J connectivity index is 0.000000167. The van der Waals surface area contributed by atoms with E-state index in [9.17, 15) is 0 Å². The first kappa shape index (κ1) is 8.08. The molecule has 0 spiro atoms. The van der Waals surface area contributed by atoms with Crippen LogP contribution in [0.15, 0.2) is 24.3 Å². The maximum Gasteiger partial charge on any atom is 0.115 e. The molecule has 0 unspecified atom stereocenters. The van der Waals surface area contributed by atoms with Crippen LogP contribution in [0.3, 0.4) is 0 Å². The standard InChI is InChI=1S/C7H8O.C2H5N/c1-6-2-4-7(8)5-3-6;1-2-3-1/h2-5,8H,1H3;3H,1-2H2. The Kier molecular flexibility index (Phi) is 2.93. The van der Waals surface area contributed by atoms with Crippen molar-refractivity contribution in [2.45, 2.75) is 6.92 Å². The number of aromatic hydroxyl groups is 1. The van der Waals surface area contributed by atoms with Crippen LogP contribution in [0.2, 0.25) is 0 Å². The summed E-state index contributed by atoms with van der Waals surface area (Å²) in [6.07, 6.45) is 0. The van der Waals surface area contributed by atoms with Gasteiger partial charge in [0, 0.05) is 13.1 Å². The van der Waals surface area contributed by atoms with E-state index in [4.69, 9.17) is 5.11 Å². The summed E-state index contributed by atoms with van der Waals surface area (Å²) in [5, 5.41) is 11.8. The minimum absolute atomic E-state index is 0.329. The zero-order valence-corrected chi connectivity index (χ0v) is 6.67. The van der Waals surface area contributed by atoms with Gasteiger partial charge >= 0.3 is 0 Å². The summed E-state index contributed by atoms with van der Waals surface area (Å²) in [4.78, 5) is 0. The zero-order chi connectivity index (χ0) is 8.10. The summed E-state index contributed by atoms with van der Waals surface area (Å²) in [6, 6.07) is 7.09. The molecule has 0 bridgehead atoms. The van der Waals surface area contributed by atoms with Crippen LogP contribution in [0, 0.1) is 6.92 Å². The van der Waals surface area contributed by atoms with E-state index in [0.29, 0.717) is 5.75 Å². The summed E-state index contributed by atoms with van der Waals surface area (Å²) < 4.78 is 0. The van der Waals surface area contributed by atoms with E-state index >= 15 is 0 Å². The zero-order valence-electron chi connectivity index (χ0n) is 6.67. The van der Waals surface area contributed by atoms with E-state index in [1.165, 1.54) is 18.7 Å². The van der Waals surface area contributed by atoms with Crippen molar-refractivity contribution >= 4 is 0 Å². The van der Waals surface area contributed by atoms with Crippen molar-refractivity contribution in [1.82, 2.24) is 5.32 Å². The predicted octanol–water partition coefficient (Wildman–Crippen LogP) is 1.29. The fourth-order valence-electron chi connectivity index (χ4n) is 0.545. The van der Waals surface area contributed by atoms with Crippen LogP contribution in [-0.2, 0) is 0 Å². The average Bonchev–Trinajstić information content (AvgIpc) is 2.80. The topological polar surface area (TPSA) is 42.2 Å². The summed E-state index contributed by atoms with van der Waals surface area (Å²) >= 11 is 0. The Morgan fingerprint density at radius 3 is 1.91 bits per heavy atom. The van der Waals surface area contributed by atoms with Gasteiger partial charge in [-0.25, -0.2) is 0 Å². The second kappa shape index (κ2) is 3.98. The summed E-state index contributed by atoms with van der Waals surface area (Å²) in [5.74, 6) is 0.329. The lowest BCUT2D eigenvalue weighted by atomic mass is 10.2. The predicted molar refractivity (Wildman–Crippen MR) is 45.7 cm³/mol. The lowest BCUT2D eigenvalue weighted by Crippen LogP contribution is -1.66. The molecule has 2 N–H and O–H groups in total. The molecule has 0 atom stereocenters. The van der Waals surface area contributed by atoms with Gasteiger partial charge in [0.15, 0.2) is 0 Å². The van der Waals surface area contributed by atoms with Gasteiger partial charge in [-0.15, -0.1) is 0 Å². The van der Waals surface area contributed by atoms with Gasteiger partial charge in [-0.2, -0.15) is 0 Å². The van der Waals surface area contributed by atoms with Gasteiger partial charge in [0.05, 0.1) is 0 Å². The minimum Gasteiger partial charge on any atom is -0.508 e. The first-order valence-electron chi connectivity index (χ1n) is 3.75. The van der Waals surface area contributed by atoms with Crippen LogP contribution >= 0.6 is 0 Å². The number of phenols is 1. The molecule has 60 valence electrons. The highest BCUT2D eigenvalue weighted by Gasteiger charge is 1.91. The molecule has 1 aromatic carbocycles. The number of benzene rings is 1. The molecule has 0 aliphatic carbocycles. The van der Waals surface area contributed by atoms with Crippen LogP contribution in [0.25, 0.3) is 0 Å². The fourth-order valence-corrected chi connectivity index (χ4v) is 0.545. The highest BCUT2D eigenvalue weighted by atomic mass is 16.3. The van der Waals surface area contributed by atoms with Gasteiger partial charge in [0.25, 0.3) is 0 Å². The lowest BCUT2D eigenvalue weighted by Gasteiger charge is -1.89. The SMILES string of the molecule is C1CN1.Cc1ccc(O)cc1. The number of hydrogen-bond acceptors (Lipinski definition) is 2. The largest absolute Gasteiger partial charge is 0.508 e. The van der Waals surface area contributed by atoms with Crippen LogP contribution in [-0.4, -0.2) is 18.2 Å². The molecule has 1 saturated heterocycles. The van der Waals surface area contributed by atoms with E-state index in [2.05, 4.69) is 5.32 Å². The van der Waals surface area contributed by atoms with Crippen LogP contribution in [0.4, 0.5) is 0 Å². The monoisotopic (exact) mass is 151 g/mol. The van der Waals surface area contributed by atoms with Gasteiger partial charge in [0.2, 0.25) is 0 Å². The molecule has 11 heavy (non-hydrogen) atoms.